The third-order valence-electron chi connectivity index (χ3n) is 3.81. The van der Waals surface area contributed by atoms with E-state index in [0.717, 1.165) is 0 Å². The van der Waals surface area contributed by atoms with Crippen molar-refractivity contribution in [3.63, 3.8) is 0 Å². The second kappa shape index (κ2) is 5.70. The average Bonchev–Trinajstić information content (AvgIpc) is 2.78. The molecule has 0 aliphatic carbocycles. The lowest BCUT2D eigenvalue weighted by Crippen LogP contribution is -2.45. The third kappa shape index (κ3) is 2.96. The molecule has 3 rings (SSSR count). The lowest BCUT2D eigenvalue weighted by molar-refractivity contribution is -0.384. The van der Waals surface area contributed by atoms with Crippen molar-refractivity contribution in [3.8, 4) is 11.5 Å². The number of ether oxygens (including phenoxy) is 1. The molecular weight excluding hydrogens is 324 g/mol. The fraction of sp³-hybridized carbons (Fsp3) is 0.222. The van der Waals surface area contributed by atoms with Crippen molar-refractivity contribution in [2.45, 2.75) is 26.3 Å². The molecule has 7 heteroatoms. The summed E-state index contributed by atoms with van der Waals surface area (Å²) in [5, 5.41) is 10.7. The first-order valence-electron chi connectivity index (χ1n) is 7.64. The summed E-state index contributed by atoms with van der Waals surface area (Å²) < 4.78 is 5.64. The Labute approximate surface area is 144 Å². The molecule has 0 atom stereocenters. The summed E-state index contributed by atoms with van der Waals surface area (Å²) in [6.07, 6.45) is 0. The lowest BCUT2D eigenvalue weighted by atomic mass is 10.1. The molecule has 0 bridgehead atoms. The van der Waals surface area contributed by atoms with Crippen molar-refractivity contribution in [3.05, 3.63) is 63.7 Å². The highest BCUT2D eigenvalue weighted by Gasteiger charge is 2.41. The van der Waals surface area contributed by atoms with Gasteiger partial charge in [-0.3, -0.25) is 24.6 Å². The van der Waals surface area contributed by atoms with Crippen LogP contribution < -0.4 is 4.74 Å². The SMILES string of the molecule is CC(C)(C)N1C(=O)c2ccc(Oc3ccc([N+](=O)[O-])cc3)cc2C1=O. The highest BCUT2D eigenvalue weighted by molar-refractivity contribution is 6.22. The van der Waals surface area contributed by atoms with Crippen LogP contribution in [0.5, 0.6) is 11.5 Å². The van der Waals surface area contributed by atoms with Crippen LogP contribution >= 0.6 is 0 Å². The van der Waals surface area contributed by atoms with Gasteiger partial charge in [-0.1, -0.05) is 0 Å². The van der Waals surface area contributed by atoms with Gasteiger partial charge in [-0.25, -0.2) is 0 Å². The normalized spacial score (nSPS) is 13.8. The summed E-state index contributed by atoms with van der Waals surface area (Å²) in [7, 11) is 0. The Morgan fingerprint density at radius 2 is 1.48 bits per heavy atom. The van der Waals surface area contributed by atoms with E-state index in [4.69, 9.17) is 4.74 Å². The number of hydrogen-bond donors (Lipinski definition) is 0. The molecule has 0 unspecified atom stereocenters. The number of non-ortho nitro benzene ring substituents is 1. The molecule has 1 aliphatic heterocycles. The molecule has 1 aliphatic rings. The molecule has 2 amide bonds. The minimum absolute atomic E-state index is 0.0390. The molecule has 0 radical (unpaired) electrons. The Bertz CT molecular complexity index is 881. The highest BCUT2D eigenvalue weighted by Crippen LogP contribution is 2.33. The number of hydrogen-bond acceptors (Lipinski definition) is 5. The quantitative estimate of drug-likeness (QED) is 0.482. The van der Waals surface area contributed by atoms with Gasteiger partial charge in [0.25, 0.3) is 17.5 Å². The van der Waals surface area contributed by atoms with Gasteiger partial charge in [-0.05, 0) is 51.1 Å². The Kier molecular flexibility index (Phi) is 3.79. The van der Waals surface area contributed by atoms with Gasteiger partial charge in [0.2, 0.25) is 0 Å². The zero-order chi connectivity index (χ0) is 18.4. The molecule has 2 aromatic rings. The van der Waals surface area contributed by atoms with Gasteiger partial charge in [-0.15, -0.1) is 0 Å². The molecule has 2 aromatic carbocycles. The maximum Gasteiger partial charge on any atom is 0.269 e. The largest absolute Gasteiger partial charge is 0.457 e. The van der Waals surface area contributed by atoms with E-state index < -0.39 is 10.5 Å². The van der Waals surface area contributed by atoms with Crippen LogP contribution in [0.3, 0.4) is 0 Å². The predicted octanol–water partition coefficient (Wildman–Crippen LogP) is 3.78. The van der Waals surface area contributed by atoms with E-state index in [-0.39, 0.29) is 17.5 Å². The molecule has 7 nitrogen and oxygen atoms in total. The first-order valence-corrected chi connectivity index (χ1v) is 7.64. The van der Waals surface area contributed by atoms with Gasteiger partial charge in [0.1, 0.15) is 11.5 Å². The summed E-state index contributed by atoms with van der Waals surface area (Å²) in [4.78, 5) is 36.4. The van der Waals surface area contributed by atoms with E-state index >= 15 is 0 Å². The van der Waals surface area contributed by atoms with Crippen LogP contribution in [0.4, 0.5) is 5.69 Å². The Morgan fingerprint density at radius 3 is 2.04 bits per heavy atom. The number of imide groups is 1. The van der Waals surface area contributed by atoms with E-state index in [9.17, 15) is 19.7 Å². The number of nitro benzene ring substituents is 1. The fourth-order valence-electron chi connectivity index (χ4n) is 2.66. The van der Waals surface area contributed by atoms with E-state index in [1.54, 1.807) is 32.9 Å². The molecule has 0 N–H and O–H groups in total. The monoisotopic (exact) mass is 340 g/mol. The van der Waals surface area contributed by atoms with Crippen molar-refractivity contribution in [2.24, 2.45) is 0 Å². The second-order valence-electron chi connectivity index (χ2n) is 6.68. The van der Waals surface area contributed by atoms with Crippen molar-refractivity contribution in [1.29, 1.82) is 0 Å². The number of carbonyl (C=O) groups is 2. The Hall–Kier alpha value is -3.22. The van der Waals surface area contributed by atoms with E-state index in [2.05, 4.69) is 0 Å². The first kappa shape index (κ1) is 16.6. The highest BCUT2D eigenvalue weighted by atomic mass is 16.6. The van der Waals surface area contributed by atoms with Crippen molar-refractivity contribution < 1.29 is 19.2 Å². The number of amides is 2. The molecule has 0 fully saturated rings. The summed E-state index contributed by atoms with van der Waals surface area (Å²) in [5.41, 5.74) is -0.0229. The molecular formula is C18H16N2O5. The summed E-state index contributed by atoms with van der Waals surface area (Å²) >= 11 is 0. The Morgan fingerprint density at radius 1 is 0.920 bits per heavy atom. The number of fused-ring (bicyclic) bond motifs is 1. The second-order valence-corrected chi connectivity index (χ2v) is 6.68. The number of nitro groups is 1. The molecule has 0 saturated carbocycles. The minimum Gasteiger partial charge on any atom is -0.457 e. The molecule has 1 heterocycles. The minimum atomic E-state index is -0.618. The van der Waals surface area contributed by atoms with Crippen LogP contribution in [0, 0.1) is 10.1 Å². The third-order valence-corrected chi connectivity index (χ3v) is 3.81. The van der Waals surface area contributed by atoms with Gasteiger partial charge in [0.05, 0.1) is 16.1 Å². The van der Waals surface area contributed by atoms with Crippen LogP contribution in [0.2, 0.25) is 0 Å². The number of nitrogens with zero attached hydrogens (tertiary/aromatic N) is 2. The zero-order valence-electron chi connectivity index (χ0n) is 14.0. The lowest BCUT2D eigenvalue weighted by Gasteiger charge is -2.29. The number of rotatable bonds is 3. The van der Waals surface area contributed by atoms with Gasteiger partial charge >= 0.3 is 0 Å². The smallest absolute Gasteiger partial charge is 0.269 e. The van der Waals surface area contributed by atoms with Crippen LogP contribution in [-0.2, 0) is 0 Å². The summed E-state index contributed by atoms with van der Waals surface area (Å²) in [6.45, 7) is 5.38. The van der Waals surface area contributed by atoms with Crippen molar-refractivity contribution in [2.75, 3.05) is 0 Å². The standard InChI is InChI=1S/C18H16N2O5/c1-18(2,3)19-16(21)14-9-8-13(10-15(14)17(19)22)25-12-6-4-11(5-7-12)20(23)24/h4-10H,1-3H3. The van der Waals surface area contributed by atoms with Crippen molar-refractivity contribution >= 4 is 17.5 Å². The summed E-state index contributed by atoms with van der Waals surface area (Å²) in [6, 6.07) is 10.3. The Balaban J connectivity index is 1.88. The fourth-order valence-corrected chi connectivity index (χ4v) is 2.66. The zero-order valence-corrected chi connectivity index (χ0v) is 14.0. The van der Waals surface area contributed by atoms with Crippen LogP contribution in [0.15, 0.2) is 42.5 Å². The average molecular weight is 340 g/mol. The first-order chi connectivity index (χ1) is 11.7. The molecule has 25 heavy (non-hydrogen) atoms. The molecule has 128 valence electrons. The van der Waals surface area contributed by atoms with E-state index in [1.807, 2.05) is 0 Å². The topological polar surface area (TPSA) is 89.8 Å². The van der Waals surface area contributed by atoms with Crippen LogP contribution in [-0.4, -0.2) is 27.2 Å². The van der Waals surface area contributed by atoms with Gasteiger partial charge in [-0.2, -0.15) is 0 Å². The number of carbonyl (C=O) groups excluding carboxylic acids is 2. The summed E-state index contributed by atoms with van der Waals surface area (Å²) in [5.74, 6) is 0.0931. The maximum absolute atomic E-state index is 12.6. The molecule has 0 spiro atoms. The maximum atomic E-state index is 12.6. The van der Waals surface area contributed by atoms with Gasteiger partial charge < -0.3 is 4.74 Å². The van der Waals surface area contributed by atoms with Crippen molar-refractivity contribution in [1.82, 2.24) is 4.90 Å². The van der Waals surface area contributed by atoms with Crippen LogP contribution in [0.1, 0.15) is 41.5 Å². The molecule has 0 aromatic heterocycles. The van der Waals surface area contributed by atoms with E-state index in [0.29, 0.717) is 22.6 Å². The number of benzene rings is 2. The van der Waals surface area contributed by atoms with Gasteiger partial charge in [0.15, 0.2) is 0 Å². The van der Waals surface area contributed by atoms with Crippen LogP contribution in [0.25, 0.3) is 0 Å². The predicted molar refractivity (Wildman–Crippen MR) is 89.9 cm³/mol. The van der Waals surface area contributed by atoms with E-state index in [1.165, 1.54) is 35.2 Å². The van der Waals surface area contributed by atoms with Gasteiger partial charge in [0, 0.05) is 17.7 Å². The molecule has 0 saturated heterocycles.